The fourth-order valence-corrected chi connectivity index (χ4v) is 2.48. The van der Waals surface area contributed by atoms with Crippen molar-refractivity contribution in [2.75, 3.05) is 0 Å². The highest BCUT2D eigenvalue weighted by Crippen LogP contribution is 2.36. The molecule has 0 aliphatic rings. The highest BCUT2D eigenvalue weighted by atomic mass is 19.4. The van der Waals surface area contributed by atoms with Crippen molar-refractivity contribution in [3.05, 3.63) is 58.7 Å². The van der Waals surface area contributed by atoms with Gasteiger partial charge in [0.2, 0.25) is 0 Å². The van der Waals surface area contributed by atoms with E-state index in [4.69, 9.17) is 20.0 Å². The van der Waals surface area contributed by atoms with Crippen LogP contribution in [0.2, 0.25) is 0 Å². The van der Waals surface area contributed by atoms with Crippen molar-refractivity contribution in [2.45, 2.75) is 38.4 Å². The predicted octanol–water partition coefficient (Wildman–Crippen LogP) is 5.70. The van der Waals surface area contributed by atoms with Crippen LogP contribution >= 0.6 is 0 Å². The molecule has 10 heteroatoms. The first kappa shape index (κ1) is 22.9. The standard InChI is InChI=1S/C20H14F6N2O2/c1-11(29-15-5-3-13(9-27)17(7-15)19(21,22)23)12(2)30-16-6-4-14(10-28)18(8-16)20(24,25)26/h3-8,11-12H,1-2H3. The Bertz CT molecular complexity index is 921. The average molecular weight is 428 g/mol. The molecule has 0 aliphatic carbocycles. The minimum absolute atomic E-state index is 0.180. The quantitative estimate of drug-likeness (QED) is 0.573. The van der Waals surface area contributed by atoms with Crippen molar-refractivity contribution in [1.82, 2.24) is 0 Å². The number of nitrogens with zero attached hydrogens (tertiary/aromatic N) is 2. The zero-order valence-corrected chi connectivity index (χ0v) is 15.6. The number of hydrogen-bond donors (Lipinski definition) is 0. The molecule has 0 saturated carbocycles. The Hall–Kier alpha value is -3.40. The fourth-order valence-electron chi connectivity index (χ4n) is 2.48. The van der Waals surface area contributed by atoms with E-state index in [0.29, 0.717) is 12.1 Å². The van der Waals surface area contributed by atoms with Gasteiger partial charge in [-0.15, -0.1) is 0 Å². The molecule has 0 aromatic heterocycles. The van der Waals surface area contributed by atoms with E-state index in [2.05, 4.69) is 0 Å². The molecule has 0 N–H and O–H groups in total. The number of rotatable bonds is 5. The minimum atomic E-state index is -4.76. The van der Waals surface area contributed by atoms with E-state index in [1.165, 1.54) is 38.1 Å². The maximum absolute atomic E-state index is 13.0. The van der Waals surface area contributed by atoms with Crippen molar-refractivity contribution in [3.8, 4) is 23.6 Å². The van der Waals surface area contributed by atoms with E-state index in [0.717, 1.165) is 12.1 Å². The Balaban J connectivity index is 2.19. The molecule has 2 atom stereocenters. The van der Waals surface area contributed by atoms with Gasteiger partial charge in [0.05, 0.1) is 34.4 Å². The third kappa shape index (κ3) is 5.35. The van der Waals surface area contributed by atoms with Crippen LogP contribution in [0.5, 0.6) is 11.5 Å². The third-order valence-electron chi connectivity index (χ3n) is 4.14. The molecule has 0 radical (unpaired) electrons. The fraction of sp³-hybridized carbons (Fsp3) is 0.300. The van der Waals surface area contributed by atoms with E-state index >= 15 is 0 Å². The summed E-state index contributed by atoms with van der Waals surface area (Å²) in [6, 6.07) is 8.54. The molecule has 0 aliphatic heterocycles. The van der Waals surface area contributed by atoms with Gasteiger partial charge in [0, 0.05) is 0 Å². The molecule has 2 rings (SSSR count). The van der Waals surface area contributed by atoms with Gasteiger partial charge in [0.15, 0.2) is 0 Å². The maximum atomic E-state index is 13.0. The summed E-state index contributed by atoms with van der Waals surface area (Å²) in [6.07, 6.45) is -11.2. The lowest BCUT2D eigenvalue weighted by atomic mass is 10.1. The molecule has 2 unspecified atom stereocenters. The molecule has 0 spiro atoms. The van der Waals surface area contributed by atoms with Crippen LogP contribution in [0.25, 0.3) is 0 Å². The summed E-state index contributed by atoms with van der Waals surface area (Å²) in [7, 11) is 0. The number of benzene rings is 2. The lowest BCUT2D eigenvalue weighted by molar-refractivity contribution is -0.138. The van der Waals surface area contributed by atoms with Crippen LogP contribution in [0.4, 0.5) is 26.3 Å². The van der Waals surface area contributed by atoms with Gasteiger partial charge in [-0.25, -0.2) is 0 Å². The summed E-state index contributed by atoms with van der Waals surface area (Å²) in [5.41, 5.74) is -3.46. The van der Waals surface area contributed by atoms with Crippen LogP contribution < -0.4 is 9.47 Å². The van der Waals surface area contributed by atoms with Gasteiger partial charge in [0.25, 0.3) is 0 Å². The van der Waals surface area contributed by atoms with Gasteiger partial charge >= 0.3 is 12.4 Å². The zero-order valence-electron chi connectivity index (χ0n) is 15.6. The van der Waals surface area contributed by atoms with E-state index in [-0.39, 0.29) is 11.5 Å². The molecular formula is C20H14F6N2O2. The summed E-state index contributed by atoms with van der Waals surface area (Å²) >= 11 is 0. The minimum Gasteiger partial charge on any atom is -0.487 e. The normalized spacial score (nSPS) is 13.7. The number of alkyl halides is 6. The van der Waals surface area contributed by atoms with Crippen LogP contribution in [-0.4, -0.2) is 12.2 Å². The van der Waals surface area contributed by atoms with Gasteiger partial charge in [-0.1, -0.05) is 0 Å². The first-order valence-corrected chi connectivity index (χ1v) is 8.42. The van der Waals surface area contributed by atoms with Crippen molar-refractivity contribution in [1.29, 1.82) is 10.5 Å². The largest absolute Gasteiger partial charge is 0.487 e. The second-order valence-electron chi connectivity index (χ2n) is 6.28. The average Bonchev–Trinajstić information content (AvgIpc) is 2.66. The number of halogens is 6. The van der Waals surface area contributed by atoms with Crippen LogP contribution in [0.15, 0.2) is 36.4 Å². The van der Waals surface area contributed by atoms with E-state index in [9.17, 15) is 26.3 Å². The lowest BCUT2D eigenvalue weighted by Crippen LogP contribution is -2.31. The Kier molecular flexibility index (Phi) is 6.51. The van der Waals surface area contributed by atoms with Gasteiger partial charge in [-0.3, -0.25) is 0 Å². The van der Waals surface area contributed by atoms with E-state index in [1.54, 1.807) is 0 Å². The van der Waals surface area contributed by atoms with Crippen LogP contribution in [0.1, 0.15) is 36.1 Å². The molecule has 30 heavy (non-hydrogen) atoms. The highest BCUT2D eigenvalue weighted by Gasteiger charge is 2.35. The first-order chi connectivity index (χ1) is 13.9. The molecule has 0 amide bonds. The second kappa shape index (κ2) is 8.54. The molecule has 158 valence electrons. The van der Waals surface area contributed by atoms with Crippen molar-refractivity contribution >= 4 is 0 Å². The molecule has 0 saturated heterocycles. The Morgan fingerprint density at radius 2 is 1.03 bits per heavy atom. The van der Waals surface area contributed by atoms with Crippen molar-refractivity contribution in [3.63, 3.8) is 0 Å². The molecule has 4 nitrogen and oxygen atoms in total. The lowest BCUT2D eigenvalue weighted by Gasteiger charge is -2.24. The molecule has 2 aromatic carbocycles. The Morgan fingerprint density at radius 1 is 0.700 bits per heavy atom. The predicted molar refractivity (Wildman–Crippen MR) is 92.5 cm³/mol. The molecular weight excluding hydrogens is 414 g/mol. The third-order valence-corrected chi connectivity index (χ3v) is 4.14. The van der Waals surface area contributed by atoms with Gasteiger partial charge in [-0.2, -0.15) is 36.9 Å². The second-order valence-corrected chi connectivity index (χ2v) is 6.28. The number of ether oxygens (including phenoxy) is 2. The molecule has 2 aromatic rings. The smallest absolute Gasteiger partial charge is 0.417 e. The monoisotopic (exact) mass is 428 g/mol. The van der Waals surface area contributed by atoms with Gasteiger partial charge < -0.3 is 9.47 Å². The van der Waals surface area contributed by atoms with Crippen LogP contribution in [0.3, 0.4) is 0 Å². The molecule has 0 heterocycles. The summed E-state index contributed by atoms with van der Waals surface area (Å²) in [6.45, 7) is 2.93. The van der Waals surface area contributed by atoms with Gasteiger partial charge in [-0.05, 0) is 50.2 Å². The topological polar surface area (TPSA) is 66.0 Å². The van der Waals surface area contributed by atoms with Crippen LogP contribution in [-0.2, 0) is 12.4 Å². The Labute approximate surface area is 167 Å². The summed E-state index contributed by atoms with van der Waals surface area (Å²) in [4.78, 5) is 0. The first-order valence-electron chi connectivity index (χ1n) is 8.42. The van der Waals surface area contributed by atoms with Crippen LogP contribution in [0, 0.1) is 22.7 Å². The molecule has 0 fully saturated rings. The summed E-state index contributed by atoms with van der Waals surface area (Å²) in [5, 5.41) is 17.6. The number of nitriles is 2. The zero-order chi connectivity index (χ0) is 22.7. The van der Waals surface area contributed by atoms with Gasteiger partial charge in [0.1, 0.15) is 23.7 Å². The van der Waals surface area contributed by atoms with Crippen molar-refractivity contribution < 1.29 is 35.8 Å². The Morgan fingerprint density at radius 3 is 1.30 bits per heavy atom. The number of hydrogen-bond acceptors (Lipinski definition) is 4. The highest BCUT2D eigenvalue weighted by molar-refractivity contribution is 5.45. The molecule has 0 bridgehead atoms. The van der Waals surface area contributed by atoms with E-state index in [1.807, 2.05) is 0 Å². The van der Waals surface area contributed by atoms with E-state index < -0.39 is 46.8 Å². The SMILES string of the molecule is CC(Oc1ccc(C#N)c(C(F)(F)F)c1)C(C)Oc1ccc(C#N)c(C(F)(F)F)c1. The van der Waals surface area contributed by atoms with Crippen molar-refractivity contribution in [2.24, 2.45) is 0 Å². The summed E-state index contributed by atoms with van der Waals surface area (Å²) in [5.74, 6) is -0.361. The summed E-state index contributed by atoms with van der Waals surface area (Å²) < 4.78 is 89.1. The maximum Gasteiger partial charge on any atom is 0.417 e.